The molecule has 0 saturated carbocycles. The van der Waals surface area contributed by atoms with Crippen LogP contribution in [0.4, 0.5) is 5.13 Å². The topological polar surface area (TPSA) is 96.0 Å². The minimum Gasteiger partial charge on any atom is -0.493 e. The summed E-state index contributed by atoms with van der Waals surface area (Å²) in [6.07, 6.45) is 2.95. The predicted octanol–water partition coefficient (Wildman–Crippen LogP) is 3.31. The number of benzene rings is 1. The van der Waals surface area contributed by atoms with E-state index in [9.17, 15) is 9.59 Å². The second kappa shape index (κ2) is 9.75. The van der Waals surface area contributed by atoms with Gasteiger partial charge in [-0.15, -0.1) is 0 Å². The molecule has 1 heterocycles. The molecule has 0 aliphatic carbocycles. The number of anilines is 1. The first-order valence-electron chi connectivity index (χ1n) is 8.37. The number of methoxy groups -OCH3 is 3. The van der Waals surface area contributed by atoms with E-state index in [1.165, 1.54) is 27.4 Å². The zero-order chi connectivity index (χ0) is 20.7. The van der Waals surface area contributed by atoms with E-state index < -0.39 is 11.9 Å². The summed E-state index contributed by atoms with van der Waals surface area (Å²) < 4.78 is 20.8. The molecule has 0 spiro atoms. The highest BCUT2D eigenvalue weighted by Crippen LogP contribution is 2.38. The van der Waals surface area contributed by atoms with Crippen molar-refractivity contribution < 1.29 is 28.5 Å². The van der Waals surface area contributed by atoms with Crippen LogP contribution in [-0.4, -0.2) is 44.8 Å². The van der Waals surface area contributed by atoms with Crippen LogP contribution in [0.3, 0.4) is 0 Å². The monoisotopic (exact) mass is 406 g/mol. The molecule has 8 nitrogen and oxygen atoms in total. The first-order valence-corrected chi connectivity index (χ1v) is 9.18. The summed E-state index contributed by atoms with van der Waals surface area (Å²) in [5.41, 5.74) is 1.19. The molecular formula is C19H22N2O6S. The number of nitrogens with zero attached hydrogens (tertiary/aromatic N) is 1. The molecule has 150 valence electrons. The molecule has 0 unspecified atom stereocenters. The fourth-order valence-electron chi connectivity index (χ4n) is 2.35. The molecular weight excluding hydrogens is 384 g/mol. The molecule has 0 fully saturated rings. The van der Waals surface area contributed by atoms with Crippen LogP contribution in [0, 0.1) is 6.92 Å². The van der Waals surface area contributed by atoms with E-state index in [0.29, 0.717) is 38.5 Å². The number of carbonyl (C=O) groups excluding carboxylic acids is 2. The highest BCUT2D eigenvalue weighted by molar-refractivity contribution is 7.17. The SMILES string of the molecule is CCOC(=O)c1sc(NC(=O)/C=C/c2cc(OC)c(OC)c(OC)c2)nc1C. The third kappa shape index (κ3) is 5.01. The Labute approximate surface area is 167 Å². The van der Waals surface area contributed by atoms with Crippen LogP contribution in [0.2, 0.25) is 0 Å². The molecule has 28 heavy (non-hydrogen) atoms. The quantitative estimate of drug-likeness (QED) is 0.531. The number of ether oxygens (including phenoxy) is 4. The van der Waals surface area contributed by atoms with E-state index >= 15 is 0 Å². The van der Waals surface area contributed by atoms with Gasteiger partial charge in [0.2, 0.25) is 11.7 Å². The Balaban J connectivity index is 2.14. The van der Waals surface area contributed by atoms with Crippen molar-refractivity contribution in [2.75, 3.05) is 33.3 Å². The average molecular weight is 406 g/mol. The molecule has 0 atom stereocenters. The van der Waals surface area contributed by atoms with Crippen molar-refractivity contribution in [3.63, 3.8) is 0 Å². The van der Waals surface area contributed by atoms with Crippen LogP contribution in [0.1, 0.15) is 27.9 Å². The standard InChI is InChI=1S/C19H22N2O6S/c1-6-27-18(23)17-11(2)20-19(28-17)21-15(22)8-7-12-9-13(24-3)16(26-5)14(10-12)25-4/h7-10H,6H2,1-5H3,(H,20,21,22)/b8-7+. The second-order valence-electron chi connectivity index (χ2n) is 5.44. The summed E-state index contributed by atoms with van der Waals surface area (Å²) in [7, 11) is 4.55. The minimum atomic E-state index is -0.453. The number of hydrogen-bond acceptors (Lipinski definition) is 8. The Kier molecular flexibility index (Phi) is 7.39. The van der Waals surface area contributed by atoms with E-state index in [1.54, 1.807) is 32.1 Å². The van der Waals surface area contributed by atoms with Crippen molar-refractivity contribution in [1.82, 2.24) is 4.98 Å². The number of nitrogens with one attached hydrogen (secondary N) is 1. The van der Waals surface area contributed by atoms with Crippen molar-refractivity contribution in [1.29, 1.82) is 0 Å². The van der Waals surface area contributed by atoms with Crippen molar-refractivity contribution in [3.8, 4) is 17.2 Å². The molecule has 0 radical (unpaired) electrons. The van der Waals surface area contributed by atoms with E-state index in [2.05, 4.69) is 10.3 Å². The molecule has 0 saturated heterocycles. The van der Waals surface area contributed by atoms with Gasteiger partial charge in [-0.3, -0.25) is 10.1 Å². The molecule has 1 amide bonds. The van der Waals surface area contributed by atoms with Gasteiger partial charge in [-0.1, -0.05) is 11.3 Å². The van der Waals surface area contributed by atoms with Gasteiger partial charge in [0, 0.05) is 6.08 Å². The van der Waals surface area contributed by atoms with Crippen LogP contribution in [-0.2, 0) is 9.53 Å². The Bertz CT molecular complexity index is 866. The largest absolute Gasteiger partial charge is 0.493 e. The molecule has 1 N–H and O–H groups in total. The Morgan fingerprint density at radius 1 is 1.14 bits per heavy atom. The Morgan fingerprint density at radius 2 is 1.79 bits per heavy atom. The second-order valence-corrected chi connectivity index (χ2v) is 6.43. The smallest absolute Gasteiger partial charge is 0.350 e. The lowest BCUT2D eigenvalue weighted by molar-refractivity contribution is -0.111. The number of rotatable bonds is 8. The van der Waals surface area contributed by atoms with Gasteiger partial charge >= 0.3 is 5.97 Å². The number of carbonyl (C=O) groups is 2. The number of amides is 1. The molecule has 0 aliphatic rings. The summed E-state index contributed by atoms with van der Waals surface area (Å²) in [6, 6.07) is 3.44. The molecule has 1 aromatic heterocycles. The van der Waals surface area contributed by atoms with Crippen LogP contribution in [0.5, 0.6) is 17.2 Å². The zero-order valence-corrected chi connectivity index (χ0v) is 17.1. The van der Waals surface area contributed by atoms with Crippen LogP contribution in [0.25, 0.3) is 6.08 Å². The van der Waals surface area contributed by atoms with Gasteiger partial charge in [0.05, 0.1) is 33.6 Å². The number of aromatic nitrogens is 1. The summed E-state index contributed by atoms with van der Waals surface area (Å²) in [4.78, 5) is 28.6. The van der Waals surface area contributed by atoms with Gasteiger partial charge in [0.25, 0.3) is 0 Å². The molecule has 2 rings (SSSR count). The highest BCUT2D eigenvalue weighted by atomic mass is 32.1. The average Bonchev–Trinajstić information content (AvgIpc) is 3.05. The lowest BCUT2D eigenvalue weighted by atomic mass is 10.1. The normalized spacial score (nSPS) is 10.6. The summed E-state index contributed by atoms with van der Waals surface area (Å²) in [5, 5.41) is 2.96. The summed E-state index contributed by atoms with van der Waals surface area (Å²) in [6.45, 7) is 3.68. The van der Waals surface area contributed by atoms with E-state index in [4.69, 9.17) is 18.9 Å². The zero-order valence-electron chi connectivity index (χ0n) is 16.3. The van der Waals surface area contributed by atoms with Gasteiger partial charge in [-0.2, -0.15) is 0 Å². The third-order valence-corrected chi connectivity index (χ3v) is 4.65. The van der Waals surface area contributed by atoms with Crippen LogP contribution >= 0.6 is 11.3 Å². The van der Waals surface area contributed by atoms with Gasteiger partial charge in [-0.25, -0.2) is 9.78 Å². The first kappa shape index (κ1) is 21.2. The van der Waals surface area contributed by atoms with Gasteiger partial charge in [0.15, 0.2) is 16.6 Å². The van der Waals surface area contributed by atoms with Gasteiger partial charge in [-0.05, 0) is 37.6 Å². The van der Waals surface area contributed by atoms with E-state index in [1.807, 2.05) is 0 Å². The lowest BCUT2D eigenvalue weighted by Gasteiger charge is -2.12. The Hall–Kier alpha value is -3.07. The predicted molar refractivity (Wildman–Crippen MR) is 107 cm³/mol. The fourth-order valence-corrected chi connectivity index (χ4v) is 3.22. The first-order chi connectivity index (χ1) is 13.4. The van der Waals surface area contributed by atoms with Gasteiger partial charge in [0.1, 0.15) is 4.88 Å². The number of aryl methyl sites for hydroxylation is 1. The summed E-state index contributed by atoms with van der Waals surface area (Å²) in [5.74, 6) is 0.591. The maximum atomic E-state index is 12.2. The number of esters is 1. The lowest BCUT2D eigenvalue weighted by Crippen LogP contribution is -2.07. The highest BCUT2D eigenvalue weighted by Gasteiger charge is 2.17. The van der Waals surface area contributed by atoms with Crippen molar-refractivity contribution in [3.05, 3.63) is 34.3 Å². The van der Waals surface area contributed by atoms with E-state index in [0.717, 1.165) is 11.3 Å². The molecule has 2 aromatic rings. The van der Waals surface area contributed by atoms with Crippen LogP contribution in [0.15, 0.2) is 18.2 Å². The van der Waals surface area contributed by atoms with Crippen molar-refractivity contribution in [2.24, 2.45) is 0 Å². The molecule has 9 heteroatoms. The third-order valence-electron chi connectivity index (χ3n) is 3.60. The maximum Gasteiger partial charge on any atom is 0.350 e. The molecule has 0 aliphatic heterocycles. The Morgan fingerprint density at radius 3 is 2.32 bits per heavy atom. The number of hydrogen-bond donors (Lipinski definition) is 1. The summed E-state index contributed by atoms with van der Waals surface area (Å²) >= 11 is 1.07. The number of thiazole rings is 1. The van der Waals surface area contributed by atoms with Crippen molar-refractivity contribution in [2.45, 2.75) is 13.8 Å². The maximum absolute atomic E-state index is 12.2. The minimum absolute atomic E-state index is 0.273. The van der Waals surface area contributed by atoms with Gasteiger partial charge < -0.3 is 18.9 Å². The van der Waals surface area contributed by atoms with Crippen molar-refractivity contribution >= 4 is 34.4 Å². The van der Waals surface area contributed by atoms with E-state index in [-0.39, 0.29) is 6.61 Å². The fraction of sp³-hybridized carbons (Fsp3) is 0.316. The molecule has 1 aromatic carbocycles. The van der Waals surface area contributed by atoms with Crippen LogP contribution < -0.4 is 19.5 Å². The molecule has 0 bridgehead atoms.